The molecule has 0 spiro atoms. The minimum absolute atomic E-state index is 0.647. The molecule has 6 nitrogen and oxygen atoms in total. The molecular weight excluding hydrogens is 400 g/mol. The molecule has 3 rings (SSSR count). The van der Waals surface area contributed by atoms with Gasteiger partial charge in [-0.1, -0.05) is 55.5 Å². The highest BCUT2D eigenvalue weighted by molar-refractivity contribution is 5.79. The van der Waals surface area contributed by atoms with Gasteiger partial charge in [-0.2, -0.15) is 0 Å². The van der Waals surface area contributed by atoms with E-state index < -0.39 is 0 Å². The normalized spacial score (nSPS) is 15.0. The van der Waals surface area contributed by atoms with Crippen LogP contribution < -0.4 is 10.6 Å². The smallest absolute Gasteiger partial charge is 0.191 e. The number of rotatable bonds is 11. The summed E-state index contributed by atoms with van der Waals surface area (Å²) in [6.07, 6.45) is 1.03. The van der Waals surface area contributed by atoms with Crippen molar-refractivity contribution in [2.75, 3.05) is 39.5 Å². The molecule has 174 valence electrons. The summed E-state index contributed by atoms with van der Waals surface area (Å²) in [7, 11) is 0. The average molecular weight is 439 g/mol. The summed E-state index contributed by atoms with van der Waals surface area (Å²) in [5.74, 6) is 0.831. The maximum atomic E-state index is 5.76. The third kappa shape index (κ3) is 7.93. The van der Waals surface area contributed by atoms with Gasteiger partial charge in [-0.15, -0.1) is 0 Å². The van der Waals surface area contributed by atoms with E-state index in [-0.39, 0.29) is 0 Å². The molecule has 1 aliphatic rings. The predicted molar refractivity (Wildman–Crippen MR) is 131 cm³/mol. The molecule has 1 saturated heterocycles. The van der Waals surface area contributed by atoms with E-state index in [9.17, 15) is 0 Å². The highest BCUT2D eigenvalue weighted by Gasteiger charge is 2.12. The van der Waals surface area contributed by atoms with E-state index in [4.69, 9.17) is 14.5 Å². The number of hydrogen-bond acceptors (Lipinski definition) is 4. The van der Waals surface area contributed by atoms with Gasteiger partial charge in [0.05, 0.1) is 26.4 Å². The SMILES string of the molecule is CCCOCc1ccccc1CNC(=NCc1ccccc1CN1CCOCC1)NCC. The number of benzene rings is 2. The molecule has 2 N–H and O–H groups in total. The monoisotopic (exact) mass is 438 g/mol. The molecule has 0 bridgehead atoms. The van der Waals surface area contributed by atoms with Crippen molar-refractivity contribution in [2.45, 2.75) is 46.5 Å². The Morgan fingerprint density at radius 2 is 1.62 bits per heavy atom. The number of nitrogens with one attached hydrogen (secondary N) is 2. The lowest BCUT2D eigenvalue weighted by atomic mass is 10.1. The standard InChI is InChI=1S/C26H38N4O2/c1-3-15-32-21-25-12-8-6-10-23(25)19-29-26(27-4-2)28-18-22-9-5-7-11-24(22)20-30-13-16-31-17-14-30/h5-12H,3-4,13-21H2,1-2H3,(H2,27,28,29). The van der Waals surface area contributed by atoms with E-state index in [0.29, 0.717) is 19.7 Å². The van der Waals surface area contributed by atoms with E-state index in [2.05, 4.69) is 77.9 Å². The van der Waals surface area contributed by atoms with Crippen molar-refractivity contribution in [1.29, 1.82) is 0 Å². The molecule has 1 heterocycles. The summed E-state index contributed by atoms with van der Waals surface area (Å²) in [6.45, 7) is 12.4. The lowest BCUT2D eigenvalue weighted by Crippen LogP contribution is -2.37. The van der Waals surface area contributed by atoms with Crippen molar-refractivity contribution in [3.8, 4) is 0 Å². The first-order chi connectivity index (χ1) is 15.8. The van der Waals surface area contributed by atoms with Gasteiger partial charge in [-0.3, -0.25) is 4.90 Å². The Balaban J connectivity index is 1.62. The summed E-state index contributed by atoms with van der Waals surface area (Å²) in [5.41, 5.74) is 5.07. The topological polar surface area (TPSA) is 58.1 Å². The minimum atomic E-state index is 0.647. The van der Waals surface area contributed by atoms with Crippen molar-refractivity contribution >= 4 is 5.96 Å². The molecule has 0 aromatic heterocycles. The Labute approximate surface area is 193 Å². The van der Waals surface area contributed by atoms with Gasteiger partial charge in [-0.05, 0) is 35.6 Å². The van der Waals surface area contributed by atoms with E-state index in [0.717, 1.165) is 58.4 Å². The maximum Gasteiger partial charge on any atom is 0.191 e. The summed E-state index contributed by atoms with van der Waals surface area (Å²) in [6, 6.07) is 17.0. The molecule has 6 heteroatoms. The van der Waals surface area contributed by atoms with Crippen molar-refractivity contribution in [3.63, 3.8) is 0 Å². The molecule has 0 unspecified atom stereocenters. The number of morpholine rings is 1. The van der Waals surface area contributed by atoms with Gasteiger partial charge in [-0.25, -0.2) is 4.99 Å². The number of hydrogen-bond donors (Lipinski definition) is 2. The van der Waals surface area contributed by atoms with Crippen molar-refractivity contribution in [3.05, 3.63) is 70.8 Å². The minimum Gasteiger partial charge on any atom is -0.379 e. The summed E-state index contributed by atoms with van der Waals surface area (Å²) in [4.78, 5) is 7.33. The van der Waals surface area contributed by atoms with Crippen LogP contribution in [-0.4, -0.2) is 50.3 Å². The van der Waals surface area contributed by atoms with E-state index in [1.165, 1.54) is 22.3 Å². The third-order valence-electron chi connectivity index (χ3n) is 5.54. The van der Waals surface area contributed by atoms with E-state index >= 15 is 0 Å². The number of ether oxygens (including phenoxy) is 2. The Morgan fingerprint density at radius 1 is 0.938 bits per heavy atom. The first-order valence-electron chi connectivity index (χ1n) is 11.8. The fraction of sp³-hybridized carbons (Fsp3) is 0.500. The van der Waals surface area contributed by atoms with Gasteiger partial charge < -0.3 is 20.1 Å². The zero-order chi connectivity index (χ0) is 22.4. The van der Waals surface area contributed by atoms with Crippen LogP contribution in [0, 0.1) is 0 Å². The summed E-state index contributed by atoms with van der Waals surface area (Å²) < 4.78 is 11.2. The molecule has 1 fully saturated rings. The maximum absolute atomic E-state index is 5.76. The molecule has 0 atom stereocenters. The van der Waals surface area contributed by atoms with Gasteiger partial charge in [0.1, 0.15) is 0 Å². The van der Waals surface area contributed by atoms with Gasteiger partial charge >= 0.3 is 0 Å². The largest absolute Gasteiger partial charge is 0.379 e. The molecule has 32 heavy (non-hydrogen) atoms. The zero-order valence-electron chi connectivity index (χ0n) is 19.6. The Morgan fingerprint density at radius 3 is 2.34 bits per heavy atom. The second-order valence-electron chi connectivity index (χ2n) is 8.03. The molecule has 2 aromatic carbocycles. The van der Waals surface area contributed by atoms with Crippen molar-refractivity contribution in [2.24, 2.45) is 4.99 Å². The van der Waals surface area contributed by atoms with Crippen LogP contribution in [0.2, 0.25) is 0 Å². The molecule has 0 radical (unpaired) electrons. The van der Waals surface area contributed by atoms with Crippen LogP contribution in [0.15, 0.2) is 53.5 Å². The predicted octanol–water partition coefficient (Wildman–Crippen LogP) is 3.70. The van der Waals surface area contributed by atoms with Gasteiger partial charge in [0, 0.05) is 39.3 Å². The Kier molecular flexibility index (Phi) is 10.5. The highest BCUT2D eigenvalue weighted by Crippen LogP contribution is 2.14. The number of guanidine groups is 1. The second kappa shape index (κ2) is 13.9. The van der Waals surface area contributed by atoms with E-state index in [1.807, 2.05) is 0 Å². The number of nitrogens with zero attached hydrogens (tertiary/aromatic N) is 2. The van der Waals surface area contributed by atoms with Crippen molar-refractivity contribution < 1.29 is 9.47 Å². The first-order valence-corrected chi connectivity index (χ1v) is 11.8. The molecule has 2 aromatic rings. The average Bonchev–Trinajstić information content (AvgIpc) is 2.83. The van der Waals surface area contributed by atoms with Crippen LogP contribution in [-0.2, 0) is 35.7 Å². The Bertz CT molecular complexity index is 834. The van der Waals surface area contributed by atoms with Crippen LogP contribution in [0.3, 0.4) is 0 Å². The quantitative estimate of drug-likeness (QED) is 0.318. The fourth-order valence-electron chi connectivity index (χ4n) is 3.75. The zero-order valence-corrected chi connectivity index (χ0v) is 19.6. The van der Waals surface area contributed by atoms with E-state index in [1.54, 1.807) is 0 Å². The lowest BCUT2D eigenvalue weighted by molar-refractivity contribution is 0.0341. The van der Waals surface area contributed by atoms with Gasteiger partial charge in [0.15, 0.2) is 5.96 Å². The lowest BCUT2D eigenvalue weighted by Gasteiger charge is -2.27. The van der Waals surface area contributed by atoms with Crippen LogP contribution in [0.1, 0.15) is 42.5 Å². The summed E-state index contributed by atoms with van der Waals surface area (Å²) >= 11 is 0. The van der Waals surface area contributed by atoms with Crippen LogP contribution in [0.5, 0.6) is 0 Å². The molecule has 1 aliphatic heterocycles. The highest BCUT2D eigenvalue weighted by atomic mass is 16.5. The summed E-state index contributed by atoms with van der Waals surface area (Å²) in [5, 5.41) is 6.87. The number of aliphatic imine (C=N–C) groups is 1. The molecule has 0 amide bonds. The third-order valence-corrected chi connectivity index (χ3v) is 5.54. The molecule has 0 saturated carbocycles. The van der Waals surface area contributed by atoms with Crippen LogP contribution >= 0.6 is 0 Å². The van der Waals surface area contributed by atoms with Crippen LogP contribution in [0.25, 0.3) is 0 Å². The first kappa shape index (κ1) is 24.2. The molecule has 0 aliphatic carbocycles. The van der Waals surface area contributed by atoms with Gasteiger partial charge in [0.25, 0.3) is 0 Å². The van der Waals surface area contributed by atoms with Gasteiger partial charge in [0.2, 0.25) is 0 Å². The van der Waals surface area contributed by atoms with Crippen molar-refractivity contribution in [1.82, 2.24) is 15.5 Å². The second-order valence-corrected chi connectivity index (χ2v) is 8.03. The fourth-order valence-corrected chi connectivity index (χ4v) is 3.75. The van der Waals surface area contributed by atoms with Crippen LogP contribution in [0.4, 0.5) is 0 Å². The molecular formula is C26H38N4O2. The Hall–Kier alpha value is -2.41.